The lowest BCUT2D eigenvalue weighted by Crippen LogP contribution is -2.40. The normalized spacial score (nSPS) is 17.7. The van der Waals surface area contributed by atoms with E-state index in [0.29, 0.717) is 18.5 Å². The Bertz CT molecular complexity index is 450. The Balaban J connectivity index is 2.16. The zero-order chi connectivity index (χ0) is 13.2. The van der Waals surface area contributed by atoms with Crippen LogP contribution in [0.4, 0.5) is 5.69 Å². The van der Waals surface area contributed by atoms with Gasteiger partial charge in [-0.3, -0.25) is 4.79 Å². The third kappa shape index (κ3) is 2.48. The SMILES string of the molecule is CCc1ccc(O)c(NC(=O)C2(O)CCCC2)c1. The van der Waals surface area contributed by atoms with Crippen molar-refractivity contribution in [2.24, 2.45) is 0 Å². The molecule has 0 atom stereocenters. The summed E-state index contributed by atoms with van der Waals surface area (Å²) in [5, 5.41) is 22.5. The van der Waals surface area contributed by atoms with Gasteiger partial charge in [-0.1, -0.05) is 13.0 Å². The average molecular weight is 249 g/mol. The van der Waals surface area contributed by atoms with Crippen LogP contribution < -0.4 is 5.32 Å². The maximum absolute atomic E-state index is 12.0. The molecule has 2 rings (SSSR count). The minimum atomic E-state index is -1.27. The van der Waals surface area contributed by atoms with Crippen molar-refractivity contribution in [3.63, 3.8) is 0 Å². The van der Waals surface area contributed by atoms with E-state index in [2.05, 4.69) is 5.32 Å². The monoisotopic (exact) mass is 249 g/mol. The predicted octanol–water partition coefficient (Wildman–Crippen LogP) is 2.20. The van der Waals surface area contributed by atoms with Crippen molar-refractivity contribution in [1.29, 1.82) is 0 Å². The molecule has 0 unspecified atom stereocenters. The van der Waals surface area contributed by atoms with Gasteiger partial charge in [0, 0.05) is 0 Å². The minimum absolute atomic E-state index is 0.0298. The molecule has 0 saturated heterocycles. The Hall–Kier alpha value is -1.55. The van der Waals surface area contributed by atoms with Crippen LogP contribution >= 0.6 is 0 Å². The second-order valence-corrected chi connectivity index (χ2v) is 4.90. The van der Waals surface area contributed by atoms with Gasteiger partial charge in [0.1, 0.15) is 11.4 Å². The van der Waals surface area contributed by atoms with Crippen LogP contribution in [0.1, 0.15) is 38.2 Å². The van der Waals surface area contributed by atoms with E-state index in [1.165, 1.54) is 0 Å². The number of hydrogen-bond acceptors (Lipinski definition) is 3. The quantitative estimate of drug-likeness (QED) is 0.719. The first-order chi connectivity index (χ1) is 8.55. The average Bonchev–Trinajstić information content (AvgIpc) is 2.80. The zero-order valence-electron chi connectivity index (χ0n) is 10.6. The Morgan fingerprint density at radius 3 is 2.67 bits per heavy atom. The highest BCUT2D eigenvalue weighted by atomic mass is 16.3. The van der Waals surface area contributed by atoms with Gasteiger partial charge in [-0.2, -0.15) is 0 Å². The molecular weight excluding hydrogens is 230 g/mol. The number of amides is 1. The third-order valence-electron chi connectivity index (χ3n) is 3.57. The van der Waals surface area contributed by atoms with E-state index in [4.69, 9.17) is 0 Å². The predicted molar refractivity (Wildman–Crippen MR) is 69.5 cm³/mol. The molecule has 0 spiro atoms. The number of aromatic hydroxyl groups is 1. The number of carbonyl (C=O) groups is 1. The van der Waals surface area contributed by atoms with Crippen LogP contribution in [0.5, 0.6) is 5.75 Å². The maximum Gasteiger partial charge on any atom is 0.256 e. The summed E-state index contributed by atoms with van der Waals surface area (Å²) >= 11 is 0. The molecule has 3 N–H and O–H groups in total. The van der Waals surface area contributed by atoms with Gasteiger partial charge in [0.25, 0.3) is 5.91 Å². The molecule has 0 bridgehead atoms. The number of aliphatic hydroxyl groups is 1. The minimum Gasteiger partial charge on any atom is -0.506 e. The lowest BCUT2D eigenvalue weighted by Gasteiger charge is -2.21. The number of aryl methyl sites for hydroxylation is 1. The fraction of sp³-hybridized carbons (Fsp3) is 0.500. The van der Waals surface area contributed by atoms with Gasteiger partial charge in [-0.15, -0.1) is 0 Å². The number of anilines is 1. The van der Waals surface area contributed by atoms with E-state index in [1.54, 1.807) is 12.1 Å². The molecule has 4 nitrogen and oxygen atoms in total. The molecule has 0 radical (unpaired) electrons. The van der Waals surface area contributed by atoms with Crippen molar-refractivity contribution < 1.29 is 15.0 Å². The Kier molecular flexibility index (Phi) is 3.57. The van der Waals surface area contributed by atoms with Crippen LogP contribution in [0.25, 0.3) is 0 Å². The number of hydrogen-bond donors (Lipinski definition) is 3. The molecule has 1 aliphatic rings. The van der Waals surface area contributed by atoms with Crippen LogP contribution in [0.15, 0.2) is 18.2 Å². The highest BCUT2D eigenvalue weighted by Gasteiger charge is 2.39. The zero-order valence-corrected chi connectivity index (χ0v) is 10.6. The first-order valence-electron chi connectivity index (χ1n) is 6.41. The van der Waals surface area contributed by atoms with Crippen molar-refractivity contribution in [2.45, 2.75) is 44.6 Å². The number of carbonyl (C=O) groups excluding carboxylic acids is 1. The summed E-state index contributed by atoms with van der Waals surface area (Å²) in [5.41, 5.74) is 0.135. The van der Waals surface area contributed by atoms with Crippen LogP contribution in [0.3, 0.4) is 0 Å². The molecule has 1 amide bonds. The third-order valence-corrected chi connectivity index (χ3v) is 3.57. The number of rotatable bonds is 3. The fourth-order valence-electron chi connectivity index (χ4n) is 2.33. The number of phenols is 1. The molecule has 0 aliphatic heterocycles. The summed E-state index contributed by atoms with van der Waals surface area (Å²) in [6, 6.07) is 5.12. The van der Waals surface area contributed by atoms with Gasteiger partial charge in [-0.25, -0.2) is 0 Å². The number of nitrogens with one attached hydrogen (secondary N) is 1. The largest absolute Gasteiger partial charge is 0.506 e. The van der Waals surface area contributed by atoms with Crippen molar-refractivity contribution in [2.75, 3.05) is 5.32 Å². The van der Waals surface area contributed by atoms with Crippen LogP contribution in [-0.4, -0.2) is 21.7 Å². The van der Waals surface area contributed by atoms with E-state index in [0.717, 1.165) is 24.8 Å². The summed E-state index contributed by atoms with van der Waals surface area (Å²) in [4.78, 5) is 12.0. The lowest BCUT2D eigenvalue weighted by molar-refractivity contribution is -0.133. The van der Waals surface area contributed by atoms with E-state index < -0.39 is 11.5 Å². The molecular formula is C14H19NO3. The van der Waals surface area contributed by atoms with Crippen molar-refractivity contribution >= 4 is 11.6 Å². The first-order valence-corrected chi connectivity index (χ1v) is 6.41. The van der Waals surface area contributed by atoms with Gasteiger partial charge in [0.15, 0.2) is 0 Å². The summed E-state index contributed by atoms with van der Waals surface area (Å²) in [6.07, 6.45) is 3.54. The van der Waals surface area contributed by atoms with E-state index in [-0.39, 0.29) is 5.75 Å². The summed E-state index contributed by atoms with van der Waals surface area (Å²) in [7, 11) is 0. The summed E-state index contributed by atoms with van der Waals surface area (Å²) < 4.78 is 0. The Labute approximate surface area is 107 Å². The van der Waals surface area contributed by atoms with Gasteiger partial charge < -0.3 is 15.5 Å². The van der Waals surface area contributed by atoms with Gasteiger partial charge in [0.2, 0.25) is 0 Å². The van der Waals surface area contributed by atoms with Crippen molar-refractivity contribution in [1.82, 2.24) is 0 Å². The molecule has 0 aromatic heterocycles. The van der Waals surface area contributed by atoms with Gasteiger partial charge >= 0.3 is 0 Å². The number of benzene rings is 1. The van der Waals surface area contributed by atoms with E-state index in [1.807, 2.05) is 13.0 Å². The molecule has 0 heterocycles. The highest BCUT2D eigenvalue weighted by molar-refractivity contribution is 5.98. The van der Waals surface area contributed by atoms with E-state index >= 15 is 0 Å². The molecule has 98 valence electrons. The molecule has 1 aromatic carbocycles. The topological polar surface area (TPSA) is 69.6 Å². The molecule has 1 fully saturated rings. The smallest absolute Gasteiger partial charge is 0.256 e. The second-order valence-electron chi connectivity index (χ2n) is 4.90. The molecule has 18 heavy (non-hydrogen) atoms. The Morgan fingerprint density at radius 2 is 2.06 bits per heavy atom. The van der Waals surface area contributed by atoms with Crippen LogP contribution in [0, 0.1) is 0 Å². The lowest BCUT2D eigenvalue weighted by atomic mass is 10.0. The molecule has 1 aromatic rings. The van der Waals surface area contributed by atoms with E-state index in [9.17, 15) is 15.0 Å². The Morgan fingerprint density at radius 1 is 1.39 bits per heavy atom. The standard InChI is InChI=1S/C14H19NO3/c1-2-10-5-6-12(16)11(9-10)15-13(17)14(18)7-3-4-8-14/h5-6,9,16,18H,2-4,7-8H2,1H3,(H,15,17). The molecule has 1 aliphatic carbocycles. The van der Waals surface area contributed by atoms with Crippen LogP contribution in [-0.2, 0) is 11.2 Å². The second kappa shape index (κ2) is 4.98. The molecule has 1 saturated carbocycles. The van der Waals surface area contributed by atoms with Crippen molar-refractivity contribution in [3.8, 4) is 5.75 Å². The maximum atomic E-state index is 12.0. The molecule has 4 heteroatoms. The van der Waals surface area contributed by atoms with Crippen LogP contribution in [0.2, 0.25) is 0 Å². The highest BCUT2D eigenvalue weighted by Crippen LogP contribution is 2.32. The number of phenolic OH excluding ortho intramolecular Hbond substituents is 1. The fourth-order valence-corrected chi connectivity index (χ4v) is 2.33. The summed E-state index contributed by atoms with van der Waals surface area (Å²) in [5.74, 6) is -0.384. The van der Waals surface area contributed by atoms with Crippen molar-refractivity contribution in [3.05, 3.63) is 23.8 Å². The summed E-state index contributed by atoms with van der Waals surface area (Å²) in [6.45, 7) is 2.00. The first kappa shape index (κ1) is 12.9. The van der Waals surface area contributed by atoms with Gasteiger partial charge in [-0.05, 0) is 49.8 Å². The van der Waals surface area contributed by atoms with Gasteiger partial charge in [0.05, 0.1) is 5.69 Å².